The fraction of sp³-hybridized carbons (Fsp3) is 0.355. The zero-order valence-corrected chi connectivity index (χ0v) is 27.5. The third-order valence-corrected chi connectivity index (χ3v) is 8.33. The van der Waals surface area contributed by atoms with Gasteiger partial charge in [-0.15, -0.1) is 11.3 Å². The second-order valence-electron chi connectivity index (χ2n) is 10.8. The summed E-state index contributed by atoms with van der Waals surface area (Å²) in [5.41, 5.74) is 3.30. The Morgan fingerprint density at radius 3 is 2.35 bits per heavy atom. The van der Waals surface area contributed by atoms with Crippen LogP contribution in [-0.2, 0) is 23.8 Å². The summed E-state index contributed by atoms with van der Waals surface area (Å²) in [4.78, 5) is 45.9. The first-order chi connectivity index (χ1) is 20.1. The van der Waals surface area contributed by atoms with Crippen molar-refractivity contribution in [2.75, 3.05) is 45.3 Å². The number of amidine groups is 1. The molecule has 0 radical (unpaired) electrons. The number of fused-ring (bicyclic) bond motifs is 2. The summed E-state index contributed by atoms with van der Waals surface area (Å²) in [7, 11) is 2.04. The molecule has 0 spiro atoms. The van der Waals surface area contributed by atoms with Crippen molar-refractivity contribution in [2.24, 2.45) is 4.99 Å². The van der Waals surface area contributed by atoms with Crippen molar-refractivity contribution in [1.82, 2.24) is 4.90 Å². The first kappa shape index (κ1) is 32.4. The molecule has 2 aliphatic heterocycles. The fourth-order valence-corrected chi connectivity index (χ4v) is 5.70. The van der Waals surface area contributed by atoms with Crippen LogP contribution in [0.3, 0.4) is 0 Å². The van der Waals surface area contributed by atoms with Crippen LogP contribution in [0.25, 0.3) is 0 Å². The average molecular weight is 719 g/mol. The molecule has 0 saturated carbocycles. The number of benzene rings is 2. The van der Waals surface area contributed by atoms with E-state index in [1.807, 2.05) is 31.3 Å². The molecule has 2 aliphatic rings. The van der Waals surface area contributed by atoms with E-state index >= 15 is 0 Å². The summed E-state index contributed by atoms with van der Waals surface area (Å²) in [6, 6.07) is 18.6. The highest BCUT2D eigenvalue weighted by atomic mass is 127. The molecule has 0 amide bonds. The average Bonchev–Trinajstić information content (AvgIpc) is 3.28. The maximum Gasteiger partial charge on any atom is 0.351 e. The number of nitrogens with one attached hydrogen (secondary N) is 1. The molecule has 10 nitrogen and oxygen atoms in total. The number of quaternary nitrogens is 1. The minimum absolute atomic E-state index is 0. The lowest BCUT2D eigenvalue weighted by Gasteiger charge is -2.42. The Morgan fingerprint density at radius 2 is 1.63 bits per heavy atom. The third-order valence-electron chi connectivity index (χ3n) is 7.36. The number of likely N-dealkylation sites (N-methyl/N-ethyl adjacent to an activating group) is 1. The topological polar surface area (TPSA) is 107 Å². The van der Waals surface area contributed by atoms with Gasteiger partial charge in [-0.25, -0.2) is 19.4 Å². The van der Waals surface area contributed by atoms with Gasteiger partial charge in [-0.2, -0.15) is 0 Å². The molecule has 3 heterocycles. The Kier molecular flexibility index (Phi) is 10.5. The number of carbonyl (C=O) groups is 3. The number of thiophene rings is 1. The molecule has 0 unspecified atom stereocenters. The molecular weight excluding hydrogens is 683 g/mol. The Morgan fingerprint density at radius 1 is 0.977 bits per heavy atom. The van der Waals surface area contributed by atoms with Gasteiger partial charge in [0.25, 0.3) is 0 Å². The summed E-state index contributed by atoms with van der Waals surface area (Å²) < 4.78 is 16.5. The number of carbonyl (C=O) groups excluding carboxylic acids is 3. The molecule has 1 saturated heterocycles. The first-order valence-electron chi connectivity index (χ1n) is 13.9. The Balaban J connectivity index is 0.00000423. The smallest absolute Gasteiger partial charge is 0.351 e. The molecule has 43 heavy (non-hydrogen) atoms. The van der Waals surface area contributed by atoms with Crippen molar-refractivity contribution in [3.05, 3.63) is 76.7 Å². The highest BCUT2D eigenvalue weighted by Crippen LogP contribution is 2.39. The van der Waals surface area contributed by atoms with E-state index in [0.29, 0.717) is 10.0 Å². The number of anilines is 2. The molecular formula is C31H35IN4O6S. The minimum atomic E-state index is -1.17. The SMILES string of the molecule is Cc1cc2c(s1)Nc1ccccc1N=C2N1CC[N+](C)(COC(=O)[C@H](C)OC(=O)[C@H](C)OC(=O)c2ccccc2)CC1.[I-]. The van der Waals surface area contributed by atoms with E-state index in [1.54, 1.807) is 41.7 Å². The number of halogens is 1. The predicted molar refractivity (Wildman–Crippen MR) is 160 cm³/mol. The van der Waals surface area contributed by atoms with Crippen LogP contribution >= 0.6 is 11.3 Å². The van der Waals surface area contributed by atoms with Crippen LogP contribution in [0.5, 0.6) is 0 Å². The zero-order chi connectivity index (χ0) is 29.9. The highest BCUT2D eigenvalue weighted by Gasteiger charge is 2.34. The van der Waals surface area contributed by atoms with E-state index in [1.165, 1.54) is 18.7 Å². The van der Waals surface area contributed by atoms with E-state index in [4.69, 9.17) is 19.2 Å². The van der Waals surface area contributed by atoms with Gasteiger partial charge in [-0.1, -0.05) is 30.3 Å². The molecule has 0 bridgehead atoms. The molecule has 3 aromatic rings. The first-order valence-corrected chi connectivity index (χ1v) is 14.7. The summed E-state index contributed by atoms with van der Waals surface area (Å²) in [6.45, 7) is 8.03. The number of aliphatic imine (C=N–C) groups is 1. The van der Waals surface area contributed by atoms with Crippen LogP contribution in [0.1, 0.15) is 34.6 Å². The summed E-state index contributed by atoms with van der Waals surface area (Å²) in [6.07, 6.45) is -2.32. The van der Waals surface area contributed by atoms with Crippen LogP contribution in [-0.4, -0.2) is 85.3 Å². The lowest BCUT2D eigenvalue weighted by molar-refractivity contribution is -0.929. The standard InChI is InChI=1S/C31H35N4O6S.HI/c1-20-18-24-27(32-25-12-8-9-13-26(25)33-28(24)42-20)34-14-16-35(4,17-15-34)19-39-29(36)21(2)40-30(37)22(3)41-31(38)23-10-6-5-7-11-23;/h5-13,18,21-22,33H,14-17,19H2,1-4H3;1H/q+1;/p-1/t21-,22-;/m0./s1. The lowest BCUT2D eigenvalue weighted by Crippen LogP contribution is -3.00. The Bertz CT molecular complexity index is 1500. The number of aryl methyl sites for hydroxylation is 1. The van der Waals surface area contributed by atoms with Gasteiger partial charge in [0.15, 0.2) is 12.2 Å². The Hall–Kier alpha value is -3.49. The molecule has 12 heteroatoms. The monoisotopic (exact) mass is 718 g/mol. The second kappa shape index (κ2) is 13.9. The predicted octanol–water partition coefficient (Wildman–Crippen LogP) is 1.64. The van der Waals surface area contributed by atoms with E-state index in [-0.39, 0.29) is 30.7 Å². The van der Waals surface area contributed by atoms with Gasteiger partial charge >= 0.3 is 17.9 Å². The molecule has 228 valence electrons. The van der Waals surface area contributed by atoms with Gasteiger partial charge in [0.1, 0.15) is 10.8 Å². The van der Waals surface area contributed by atoms with Gasteiger partial charge < -0.3 is 48.4 Å². The zero-order valence-electron chi connectivity index (χ0n) is 24.5. The molecule has 2 aromatic carbocycles. The number of hydrogen-bond donors (Lipinski definition) is 1. The normalized spacial score (nSPS) is 16.5. The minimum Gasteiger partial charge on any atom is -1.00 e. The van der Waals surface area contributed by atoms with E-state index < -0.39 is 30.1 Å². The maximum absolute atomic E-state index is 12.7. The number of esters is 3. The van der Waals surface area contributed by atoms with Gasteiger partial charge in [0.05, 0.1) is 55.7 Å². The molecule has 1 N–H and O–H groups in total. The van der Waals surface area contributed by atoms with Crippen molar-refractivity contribution in [1.29, 1.82) is 0 Å². The molecule has 5 rings (SSSR count). The van der Waals surface area contributed by atoms with Gasteiger partial charge in [0.2, 0.25) is 6.73 Å². The maximum atomic E-state index is 12.7. The van der Waals surface area contributed by atoms with Crippen molar-refractivity contribution < 1.29 is 57.1 Å². The van der Waals surface area contributed by atoms with Crippen LogP contribution in [0.4, 0.5) is 16.4 Å². The third kappa shape index (κ3) is 7.73. The Labute approximate surface area is 272 Å². The van der Waals surface area contributed by atoms with Crippen LogP contribution in [0.2, 0.25) is 0 Å². The number of hydrogen-bond acceptors (Lipinski definition) is 10. The van der Waals surface area contributed by atoms with Crippen molar-refractivity contribution in [3.63, 3.8) is 0 Å². The van der Waals surface area contributed by atoms with Crippen LogP contribution in [0.15, 0.2) is 65.7 Å². The highest BCUT2D eigenvalue weighted by molar-refractivity contribution is 7.16. The van der Waals surface area contributed by atoms with Crippen molar-refractivity contribution >= 4 is 51.5 Å². The van der Waals surface area contributed by atoms with E-state index in [9.17, 15) is 14.4 Å². The van der Waals surface area contributed by atoms with Gasteiger partial charge in [-0.05, 0) is 51.1 Å². The lowest BCUT2D eigenvalue weighted by atomic mass is 10.2. The molecule has 1 fully saturated rings. The number of piperazine rings is 1. The number of ether oxygens (including phenoxy) is 3. The summed E-state index contributed by atoms with van der Waals surface area (Å²) in [5, 5.41) is 4.63. The number of para-hydroxylation sites is 2. The summed E-state index contributed by atoms with van der Waals surface area (Å²) >= 11 is 1.72. The quantitative estimate of drug-likeness (QED) is 0.170. The van der Waals surface area contributed by atoms with Crippen LogP contribution in [0, 0.1) is 6.92 Å². The van der Waals surface area contributed by atoms with Crippen molar-refractivity contribution in [3.8, 4) is 0 Å². The van der Waals surface area contributed by atoms with Crippen LogP contribution < -0.4 is 29.3 Å². The van der Waals surface area contributed by atoms with Gasteiger partial charge in [-0.3, -0.25) is 4.48 Å². The number of nitrogens with zero attached hydrogens (tertiary/aromatic N) is 3. The van der Waals surface area contributed by atoms with E-state index in [0.717, 1.165) is 54.0 Å². The molecule has 2 atom stereocenters. The fourth-order valence-electron chi connectivity index (χ4n) is 4.78. The summed E-state index contributed by atoms with van der Waals surface area (Å²) in [5.74, 6) is -1.17. The second-order valence-corrected chi connectivity index (χ2v) is 12.1. The van der Waals surface area contributed by atoms with Gasteiger partial charge in [0, 0.05) is 4.88 Å². The van der Waals surface area contributed by atoms with E-state index in [2.05, 4.69) is 23.2 Å². The van der Waals surface area contributed by atoms with Crippen molar-refractivity contribution in [2.45, 2.75) is 33.0 Å². The molecule has 1 aromatic heterocycles. The molecule has 0 aliphatic carbocycles. The number of rotatable bonds is 7. The largest absolute Gasteiger partial charge is 1.00 e.